The summed E-state index contributed by atoms with van der Waals surface area (Å²) in [7, 11) is 0. The van der Waals surface area contributed by atoms with Crippen molar-refractivity contribution in [1.82, 2.24) is 15.1 Å². The highest BCUT2D eigenvalue weighted by Gasteiger charge is 2.21. The number of hydrogen-bond donors (Lipinski definition) is 2. The molecule has 2 amide bonds. The van der Waals surface area contributed by atoms with Gasteiger partial charge in [-0.3, -0.25) is 9.59 Å². The molecule has 4 rings (SSSR count). The fourth-order valence-corrected chi connectivity index (χ4v) is 3.74. The van der Waals surface area contributed by atoms with Gasteiger partial charge in [0.05, 0.1) is 17.3 Å². The summed E-state index contributed by atoms with van der Waals surface area (Å²) >= 11 is 0. The molecular weight excluding hydrogens is 412 g/mol. The standard InChI is InChI=1S/C27H26N4O2/c1-18-10-7-8-15-24(18)26-25(17-31(30-26)23-13-5-4-6-14-23)27(33)28-19(2)21-11-9-12-22(16-21)29-20(3)32/h4-17,19H,1-3H3,(H,28,33)(H,29,32). The van der Waals surface area contributed by atoms with Crippen molar-refractivity contribution in [2.24, 2.45) is 0 Å². The number of anilines is 1. The van der Waals surface area contributed by atoms with E-state index in [1.165, 1.54) is 6.92 Å². The van der Waals surface area contributed by atoms with E-state index < -0.39 is 0 Å². The molecule has 2 N–H and O–H groups in total. The number of benzene rings is 3. The number of aryl methyl sites for hydroxylation is 1. The van der Waals surface area contributed by atoms with Gasteiger partial charge in [-0.2, -0.15) is 5.10 Å². The largest absolute Gasteiger partial charge is 0.345 e. The molecule has 0 fully saturated rings. The van der Waals surface area contributed by atoms with Crippen LogP contribution in [0, 0.1) is 6.92 Å². The Morgan fingerprint density at radius 2 is 1.67 bits per heavy atom. The van der Waals surface area contributed by atoms with Gasteiger partial charge in [-0.1, -0.05) is 54.6 Å². The van der Waals surface area contributed by atoms with Crippen molar-refractivity contribution < 1.29 is 9.59 Å². The number of carbonyl (C=O) groups excluding carboxylic acids is 2. The monoisotopic (exact) mass is 438 g/mol. The van der Waals surface area contributed by atoms with E-state index in [2.05, 4.69) is 10.6 Å². The number of carbonyl (C=O) groups is 2. The van der Waals surface area contributed by atoms with E-state index in [9.17, 15) is 9.59 Å². The number of hydrogen-bond acceptors (Lipinski definition) is 3. The van der Waals surface area contributed by atoms with Crippen molar-refractivity contribution in [3.05, 3.63) is 102 Å². The van der Waals surface area contributed by atoms with E-state index in [0.717, 1.165) is 22.4 Å². The molecular formula is C27H26N4O2. The molecule has 1 unspecified atom stereocenters. The van der Waals surface area contributed by atoms with Gasteiger partial charge in [0.2, 0.25) is 5.91 Å². The molecule has 1 heterocycles. The molecule has 4 aromatic rings. The maximum absolute atomic E-state index is 13.4. The third-order valence-corrected chi connectivity index (χ3v) is 5.43. The number of nitrogens with one attached hydrogen (secondary N) is 2. The Labute approximate surface area is 193 Å². The summed E-state index contributed by atoms with van der Waals surface area (Å²) in [5.74, 6) is -0.354. The lowest BCUT2D eigenvalue weighted by molar-refractivity contribution is -0.114. The van der Waals surface area contributed by atoms with Gasteiger partial charge in [-0.15, -0.1) is 0 Å². The Morgan fingerprint density at radius 3 is 2.39 bits per heavy atom. The Balaban J connectivity index is 1.67. The predicted molar refractivity (Wildman–Crippen MR) is 130 cm³/mol. The van der Waals surface area contributed by atoms with E-state index in [-0.39, 0.29) is 17.9 Å². The van der Waals surface area contributed by atoms with Gasteiger partial charge in [0, 0.05) is 24.4 Å². The zero-order valence-electron chi connectivity index (χ0n) is 18.9. The van der Waals surface area contributed by atoms with Crippen LogP contribution in [-0.2, 0) is 4.79 Å². The smallest absolute Gasteiger partial charge is 0.255 e. The van der Waals surface area contributed by atoms with Gasteiger partial charge in [-0.05, 0) is 49.2 Å². The maximum Gasteiger partial charge on any atom is 0.255 e. The first kappa shape index (κ1) is 22.0. The molecule has 0 radical (unpaired) electrons. The molecule has 0 aliphatic rings. The van der Waals surface area contributed by atoms with Crippen LogP contribution in [0.2, 0.25) is 0 Å². The Kier molecular flexibility index (Phi) is 6.36. The molecule has 6 heteroatoms. The Hall–Kier alpha value is -4.19. The highest BCUT2D eigenvalue weighted by Crippen LogP contribution is 2.27. The highest BCUT2D eigenvalue weighted by molar-refractivity contribution is 6.00. The zero-order chi connectivity index (χ0) is 23.4. The van der Waals surface area contributed by atoms with Gasteiger partial charge < -0.3 is 10.6 Å². The van der Waals surface area contributed by atoms with Gasteiger partial charge in [0.1, 0.15) is 5.69 Å². The lowest BCUT2D eigenvalue weighted by Gasteiger charge is -2.16. The van der Waals surface area contributed by atoms with Gasteiger partial charge in [-0.25, -0.2) is 4.68 Å². The predicted octanol–water partition coefficient (Wildman–Crippen LogP) is 5.30. The summed E-state index contributed by atoms with van der Waals surface area (Å²) in [6, 6.07) is 24.8. The second-order valence-corrected chi connectivity index (χ2v) is 7.99. The molecule has 0 aliphatic heterocycles. The first-order chi connectivity index (χ1) is 15.9. The minimum atomic E-state index is -0.268. The van der Waals surface area contributed by atoms with E-state index in [0.29, 0.717) is 16.9 Å². The Bertz CT molecular complexity index is 1290. The lowest BCUT2D eigenvalue weighted by Crippen LogP contribution is -2.27. The molecule has 3 aromatic carbocycles. The van der Waals surface area contributed by atoms with Crippen LogP contribution in [0.3, 0.4) is 0 Å². The van der Waals surface area contributed by atoms with Crippen molar-refractivity contribution in [3.63, 3.8) is 0 Å². The van der Waals surface area contributed by atoms with Crippen molar-refractivity contribution in [3.8, 4) is 16.9 Å². The first-order valence-corrected chi connectivity index (χ1v) is 10.8. The Morgan fingerprint density at radius 1 is 0.939 bits per heavy atom. The second-order valence-electron chi connectivity index (χ2n) is 7.99. The van der Waals surface area contributed by atoms with Crippen LogP contribution in [0.15, 0.2) is 85.1 Å². The molecule has 0 aliphatic carbocycles. The minimum absolute atomic E-state index is 0.139. The normalized spacial score (nSPS) is 11.6. The number of amides is 2. The number of aromatic nitrogens is 2. The molecule has 1 atom stereocenters. The summed E-state index contributed by atoms with van der Waals surface area (Å²) in [4.78, 5) is 24.8. The van der Waals surface area contributed by atoms with E-state index in [1.807, 2.05) is 92.7 Å². The lowest BCUT2D eigenvalue weighted by atomic mass is 10.0. The van der Waals surface area contributed by atoms with E-state index in [4.69, 9.17) is 5.10 Å². The van der Waals surface area contributed by atoms with Crippen LogP contribution in [0.4, 0.5) is 5.69 Å². The van der Waals surface area contributed by atoms with Gasteiger partial charge in [0.15, 0.2) is 0 Å². The third-order valence-electron chi connectivity index (χ3n) is 5.43. The third kappa shape index (κ3) is 5.01. The molecule has 166 valence electrons. The second kappa shape index (κ2) is 9.53. The highest BCUT2D eigenvalue weighted by atomic mass is 16.2. The molecule has 6 nitrogen and oxygen atoms in total. The van der Waals surface area contributed by atoms with E-state index in [1.54, 1.807) is 10.9 Å². The molecule has 33 heavy (non-hydrogen) atoms. The molecule has 0 spiro atoms. The fraction of sp³-hybridized carbons (Fsp3) is 0.148. The van der Waals surface area contributed by atoms with Gasteiger partial charge in [0.25, 0.3) is 5.91 Å². The number of para-hydroxylation sites is 1. The van der Waals surface area contributed by atoms with Crippen molar-refractivity contribution in [2.45, 2.75) is 26.8 Å². The topological polar surface area (TPSA) is 76.0 Å². The molecule has 0 saturated heterocycles. The van der Waals surface area contributed by atoms with E-state index >= 15 is 0 Å². The van der Waals surface area contributed by atoms with Crippen LogP contribution in [0.5, 0.6) is 0 Å². The van der Waals surface area contributed by atoms with Crippen LogP contribution in [-0.4, -0.2) is 21.6 Å². The first-order valence-electron chi connectivity index (χ1n) is 10.8. The van der Waals surface area contributed by atoms with Crippen molar-refractivity contribution in [2.75, 3.05) is 5.32 Å². The van der Waals surface area contributed by atoms with Crippen LogP contribution >= 0.6 is 0 Å². The minimum Gasteiger partial charge on any atom is -0.345 e. The SMILES string of the molecule is CC(=O)Nc1cccc(C(C)NC(=O)c2cn(-c3ccccc3)nc2-c2ccccc2C)c1. The molecule has 1 aromatic heterocycles. The van der Waals surface area contributed by atoms with Crippen LogP contribution < -0.4 is 10.6 Å². The van der Waals surface area contributed by atoms with Gasteiger partial charge >= 0.3 is 0 Å². The summed E-state index contributed by atoms with van der Waals surface area (Å²) in [5.41, 5.74) is 5.55. The van der Waals surface area contributed by atoms with Crippen LogP contribution in [0.25, 0.3) is 16.9 Å². The van der Waals surface area contributed by atoms with Crippen LogP contribution in [0.1, 0.15) is 41.4 Å². The summed E-state index contributed by atoms with van der Waals surface area (Å²) in [6.07, 6.45) is 1.77. The van der Waals surface area contributed by atoms with Crippen molar-refractivity contribution in [1.29, 1.82) is 0 Å². The zero-order valence-corrected chi connectivity index (χ0v) is 18.9. The average molecular weight is 439 g/mol. The van der Waals surface area contributed by atoms with Crippen molar-refractivity contribution >= 4 is 17.5 Å². The number of rotatable bonds is 6. The molecule has 0 saturated carbocycles. The molecule has 0 bridgehead atoms. The maximum atomic E-state index is 13.4. The summed E-state index contributed by atoms with van der Waals surface area (Å²) in [5, 5.41) is 10.6. The quantitative estimate of drug-likeness (QED) is 0.429. The summed E-state index contributed by atoms with van der Waals surface area (Å²) in [6.45, 7) is 5.39. The summed E-state index contributed by atoms with van der Waals surface area (Å²) < 4.78 is 1.73. The average Bonchev–Trinajstić information content (AvgIpc) is 3.25. The number of nitrogens with zero attached hydrogens (tertiary/aromatic N) is 2. The fourth-order valence-electron chi connectivity index (χ4n) is 3.74.